The predicted octanol–water partition coefficient (Wildman–Crippen LogP) is 4.25. The second-order valence-electron chi connectivity index (χ2n) is 9.54. The molecule has 1 N–H and O–H groups in total. The van der Waals surface area contributed by atoms with Gasteiger partial charge in [0.05, 0.1) is 7.11 Å². The van der Waals surface area contributed by atoms with Gasteiger partial charge in [-0.05, 0) is 80.1 Å². The summed E-state index contributed by atoms with van der Waals surface area (Å²) in [5, 5.41) is 3.10. The summed E-state index contributed by atoms with van der Waals surface area (Å²) in [5.41, 5.74) is 3.47. The smallest absolute Gasteiger partial charge is 0.321 e. The molecular weight excluding hydrogens is 400 g/mol. The van der Waals surface area contributed by atoms with E-state index in [1.807, 2.05) is 29.2 Å². The van der Waals surface area contributed by atoms with Crippen LogP contribution in [-0.4, -0.2) is 68.8 Å². The molecule has 2 aromatic rings. The molecule has 32 heavy (non-hydrogen) atoms. The van der Waals surface area contributed by atoms with Gasteiger partial charge in [-0.15, -0.1) is 0 Å². The van der Waals surface area contributed by atoms with Gasteiger partial charge in [0.25, 0.3) is 0 Å². The first kappa shape index (κ1) is 21.1. The van der Waals surface area contributed by atoms with Gasteiger partial charge in [-0.2, -0.15) is 0 Å². The number of carbonyl (C=O) groups is 1. The maximum absolute atomic E-state index is 12.8. The molecule has 3 fully saturated rings. The number of rotatable bonds is 4. The average Bonchev–Trinajstić information content (AvgIpc) is 3.39. The van der Waals surface area contributed by atoms with Crippen LogP contribution in [0.3, 0.4) is 0 Å². The zero-order valence-electron chi connectivity index (χ0n) is 19.2. The molecule has 0 unspecified atom stereocenters. The van der Waals surface area contributed by atoms with Crippen molar-refractivity contribution in [1.82, 2.24) is 9.80 Å². The third-order valence-electron chi connectivity index (χ3n) is 7.55. The summed E-state index contributed by atoms with van der Waals surface area (Å²) in [5.74, 6) is 2.18. The quantitative estimate of drug-likeness (QED) is 0.782. The molecule has 2 atom stereocenters. The monoisotopic (exact) mass is 434 g/mol. The number of fused-ring (bicyclic) bond motifs is 1. The standard InChI is InChI=1S/C26H34N4O2/c1-28-17-21-13-16-30(25(21)18-28)23-7-5-22(6-8-23)27-26(31)29-14-11-20(12-15-29)19-3-9-24(32-2)10-4-19/h3-10,20-21,25H,11-18H2,1-2H3,(H,27,31)/t21-,25+/m1/s1. The highest BCUT2D eigenvalue weighted by atomic mass is 16.5. The van der Waals surface area contributed by atoms with Gasteiger partial charge >= 0.3 is 6.03 Å². The van der Waals surface area contributed by atoms with Gasteiger partial charge in [0.15, 0.2) is 0 Å². The molecule has 0 spiro atoms. The number of carbonyl (C=O) groups excluding carboxylic acids is 1. The van der Waals surface area contributed by atoms with Crippen molar-refractivity contribution in [3.8, 4) is 5.75 Å². The minimum Gasteiger partial charge on any atom is -0.497 e. The molecule has 6 nitrogen and oxygen atoms in total. The third-order valence-corrected chi connectivity index (χ3v) is 7.55. The second-order valence-corrected chi connectivity index (χ2v) is 9.54. The molecule has 3 saturated heterocycles. The van der Waals surface area contributed by atoms with E-state index in [0.717, 1.165) is 56.4 Å². The van der Waals surface area contributed by atoms with Crippen molar-refractivity contribution in [2.45, 2.75) is 31.2 Å². The topological polar surface area (TPSA) is 48.1 Å². The van der Waals surface area contributed by atoms with Crippen LogP contribution in [0.2, 0.25) is 0 Å². The van der Waals surface area contributed by atoms with Crippen LogP contribution >= 0.6 is 0 Å². The normalized spacial score (nSPS) is 23.9. The molecule has 2 aromatic carbocycles. The summed E-state index contributed by atoms with van der Waals surface area (Å²) in [7, 11) is 3.91. The lowest BCUT2D eigenvalue weighted by molar-refractivity contribution is 0.194. The first-order chi connectivity index (χ1) is 15.6. The van der Waals surface area contributed by atoms with Crippen molar-refractivity contribution in [1.29, 1.82) is 0 Å². The summed E-state index contributed by atoms with van der Waals surface area (Å²) in [6.07, 6.45) is 3.26. The van der Waals surface area contributed by atoms with Crippen LogP contribution in [0.4, 0.5) is 16.2 Å². The number of methoxy groups -OCH3 is 1. The minimum atomic E-state index is 0.00425. The van der Waals surface area contributed by atoms with Crippen molar-refractivity contribution in [3.63, 3.8) is 0 Å². The molecule has 170 valence electrons. The van der Waals surface area contributed by atoms with Crippen LogP contribution in [0.5, 0.6) is 5.75 Å². The van der Waals surface area contributed by atoms with Gasteiger partial charge in [0.1, 0.15) is 5.75 Å². The molecule has 0 saturated carbocycles. The summed E-state index contributed by atoms with van der Waals surface area (Å²) in [6.45, 7) is 5.06. The van der Waals surface area contributed by atoms with Crippen LogP contribution in [0.1, 0.15) is 30.7 Å². The fraction of sp³-hybridized carbons (Fsp3) is 0.500. The van der Waals surface area contributed by atoms with Crippen molar-refractivity contribution < 1.29 is 9.53 Å². The largest absolute Gasteiger partial charge is 0.497 e. The predicted molar refractivity (Wildman–Crippen MR) is 129 cm³/mol. The van der Waals surface area contributed by atoms with Gasteiger partial charge in [-0.25, -0.2) is 4.79 Å². The van der Waals surface area contributed by atoms with Crippen LogP contribution in [0, 0.1) is 5.92 Å². The molecule has 0 aliphatic carbocycles. The van der Waals surface area contributed by atoms with E-state index >= 15 is 0 Å². The number of urea groups is 1. The number of amides is 2. The lowest BCUT2D eigenvalue weighted by atomic mass is 9.89. The Kier molecular flexibility index (Phi) is 5.96. The van der Waals surface area contributed by atoms with Crippen LogP contribution < -0.4 is 15.0 Å². The van der Waals surface area contributed by atoms with Crippen molar-refractivity contribution >= 4 is 17.4 Å². The number of ether oxygens (including phenoxy) is 1. The number of piperidine rings is 1. The molecule has 3 aliphatic rings. The van der Waals surface area contributed by atoms with E-state index in [9.17, 15) is 4.79 Å². The molecule has 0 radical (unpaired) electrons. The number of likely N-dealkylation sites (tertiary alicyclic amines) is 2. The Labute approximate surface area is 191 Å². The summed E-state index contributed by atoms with van der Waals surface area (Å²) >= 11 is 0. The number of anilines is 2. The molecular formula is C26H34N4O2. The van der Waals surface area contributed by atoms with Crippen LogP contribution in [0.25, 0.3) is 0 Å². The Hall–Kier alpha value is -2.73. The van der Waals surface area contributed by atoms with Gasteiger partial charge in [-0.3, -0.25) is 0 Å². The Morgan fingerprint density at radius 2 is 1.66 bits per heavy atom. The van der Waals surface area contributed by atoms with Crippen molar-refractivity contribution in [3.05, 3.63) is 54.1 Å². The fourth-order valence-electron chi connectivity index (χ4n) is 5.72. The lowest BCUT2D eigenvalue weighted by Crippen LogP contribution is -2.40. The molecule has 0 bridgehead atoms. The number of benzene rings is 2. The summed E-state index contributed by atoms with van der Waals surface area (Å²) in [6, 6.07) is 17.4. The Balaban J connectivity index is 1.14. The number of hydrogen-bond acceptors (Lipinski definition) is 4. The highest BCUT2D eigenvalue weighted by Crippen LogP contribution is 2.35. The summed E-state index contributed by atoms with van der Waals surface area (Å²) < 4.78 is 5.25. The van der Waals surface area contributed by atoms with E-state index in [2.05, 4.69) is 46.4 Å². The zero-order chi connectivity index (χ0) is 22.1. The Morgan fingerprint density at radius 3 is 2.34 bits per heavy atom. The Bertz CT molecular complexity index is 922. The van der Waals surface area contributed by atoms with Crippen LogP contribution in [0.15, 0.2) is 48.5 Å². The zero-order valence-corrected chi connectivity index (χ0v) is 19.2. The van der Waals surface area contributed by atoms with Gasteiger partial charge in [0.2, 0.25) is 0 Å². The maximum atomic E-state index is 12.8. The first-order valence-electron chi connectivity index (χ1n) is 11.9. The molecule has 0 aromatic heterocycles. The van der Waals surface area contributed by atoms with Crippen molar-refractivity contribution in [2.75, 3.05) is 57.1 Å². The van der Waals surface area contributed by atoms with Crippen LogP contribution in [-0.2, 0) is 0 Å². The van der Waals surface area contributed by atoms with E-state index in [0.29, 0.717) is 12.0 Å². The highest BCUT2D eigenvalue weighted by molar-refractivity contribution is 5.89. The number of hydrogen-bond donors (Lipinski definition) is 1. The fourth-order valence-corrected chi connectivity index (χ4v) is 5.72. The van der Waals surface area contributed by atoms with E-state index in [4.69, 9.17) is 4.74 Å². The highest BCUT2D eigenvalue weighted by Gasteiger charge is 2.40. The number of nitrogens with one attached hydrogen (secondary N) is 1. The summed E-state index contributed by atoms with van der Waals surface area (Å²) in [4.78, 5) is 19.7. The van der Waals surface area contributed by atoms with E-state index < -0.39 is 0 Å². The molecule has 2 amide bonds. The van der Waals surface area contributed by atoms with E-state index in [1.165, 1.54) is 24.2 Å². The molecule has 3 heterocycles. The van der Waals surface area contributed by atoms with Crippen molar-refractivity contribution in [2.24, 2.45) is 5.92 Å². The molecule has 6 heteroatoms. The number of likely N-dealkylation sites (N-methyl/N-ethyl adjacent to an activating group) is 1. The lowest BCUT2D eigenvalue weighted by Gasteiger charge is -2.32. The minimum absolute atomic E-state index is 0.00425. The maximum Gasteiger partial charge on any atom is 0.321 e. The van der Waals surface area contributed by atoms with E-state index in [1.54, 1.807) is 7.11 Å². The Morgan fingerprint density at radius 1 is 0.938 bits per heavy atom. The SMILES string of the molecule is COc1ccc(C2CCN(C(=O)Nc3ccc(N4CC[C@@H]5CN(C)C[C@@H]54)cc3)CC2)cc1. The first-order valence-corrected chi connectivity index (χ1v) is 11.9. The van der Waals surface area contributed by atoms with Gasteiger partial charge < -0.3 is 24.8 Å². The van der Waals surface area contributed by atoms with Gasteiger partial charge in [0, 0.05) is 50.1 Å². The molecule has 5 rings (SSSR count). The average molecular weight is 435 g/mol. The van der Waals surface area contributed by atoms with E-state index in [-0.39, 0.29) is 6.03 Å². The number of nitrogens with zero attached hydrogens (tertiary/aromatic N) is 3. The van der Waals surface area contributed by atoms with Gasteiger partial charge in [-0.1, -0.05) is 12.1 Å². The second kappa shape index (κ2) is 9.02. The molecule has 3 aliphatic heterocycles. The third kappa shape index (κ3) is 4.29.